The number of carbonyl (C=O) groups excluding carboxylic acids is 1. The van der Waals surface area contributed by atoms with Crippen molar-refractivity contribution in [1.29, 1.82) is 0 Å². The van der Waals surface area contributed by atoms with Gasteiger partial charge < -0.3 is 14.6 Å². The van der Waals surface area contributed by atoms with E-state index in [1.165, 1.54) is 12.3 Å². The van der Waals surface area contributed by atoms with Crippen molar-refractivity contribution in [1.82, 2.24) is 10.5 Å². The van der Waals surface area contributed by atoms with Crippen molar-refractivity contribution in [2.45, 2.75) is 6.10 Å². The van der Waals surface area contributed by atoms with Crippen LogP contribution in [0.3, 0.4) is 0 Å². The quantitative estimate of drug-likeness (QED) is 0.882. The summed E-state index contributed by atoms with van der Waals surface area (Å²) in [7, 11) is 1.61. The standard InChI is InChI=1S/C11H12N2O3S/c1-15-10(8-3-5-17-7-8)6-12-11(14)9-2-4-13-16-9/h2-5,7,10H,6H2,1H3,(H,12,14). The van der Waals surface area contributed by atoms with E-state index in [0.29, 0.717) is 6.54 Å². The van der Waals surface area contributed by atoms with Crippen LogP contribution in [0, 0.1) is 0 Å². The summed E-state index contributed by atoms with van der Waals surface area (Å²) in [6, 6.07) is 3.49. The van der Waals surface area contributed by atoms with Crippen LogP contribution >= 0.6 is 11.3 Å². The Labute approximate surface area is 102 Å². The van der Waals surface area contributed by atoms with Crippen LogP contribution in [0.2, 0.25) is 0 Å². The molecule has 0 aromatic carbocycles. The molecule has 2 aromatic heterocycles. The number of rotatable bonds is 5. The van der Waals surface area contributed by atoms with E-state index in [9.17, 15) is 4.79 Å². The van der Waals surface area contributed by atoms with Gasteiger partial charge in [0.15, 0.2) is 0 Å². The number of amides is 1. The minimum absolute atomic E-state index is 0.145. The smallest absolute Gasteiger partial charge is 0.289 e. The molecule has 1 unspecified atom stereocenters. The Kier molecular flexibility index (Phi) is 3.89. The molecule has 0 saturated heterocycles. The van der Waals surface area contributed by atoms with Crippen molar-refractivity contribution >= 4 is 17.2 Å². The summed E-state index contributed by atoms with van der Waals surface area (Å²) in [6.45, 7) is 0.396. The molecule has 17 heavy (non-hydrogen) atoms. The van der Waals surface area contributed by atoms with Gasteiger partial charge in [-0.1, -0.05) is 5.16 Å². The third kappa shape index (κ3) is 2.92. The number of thiophene rings is 1. The van der Waals surface area contributed by atoms with Crippen molar-refractivity contribution in [2.24, 2.45) is 0 Å². The molecular weight excluding hydrogens is 240 g/mol. The van der Waals surface area contributed by atoms with Crippen LogP contribution in [0.4, 0.5) is 0 Å². The Hall–Kier alpha value is -1.66. The normalized spacial score (nSPS) is 12.3. The fraction of sp³-hybridized carbons (Fsp3) is 0.273. The minimum Gasteiger partial charge on any atom is -0.375 e. The number of ether oxygens (including phenoxy) is 1. The molecule has 0 aliphatic carbocycles. The van der Waals surface area contributed by atoms with Gasteiger partial charge in [0.25, 0.3) is 5.91 Å². The zero-order valence-electron chi connectivity index (χ0n) is 9.25. The first-order chi connectivity index (χ1) is 8.31. The van der Waals surface area contributed by atoms with E-state index in [4.69, 9.17) is 9.26 Å². The Morgan fingerprint density at radius 1 is 1.65 bits per heavy atom. The van der Waals surface area contributed by atoms with Crippen LogP contribution in [-0.4, -0.2) is 24.7 Å². The predicted octanol–water partition coefficient (Wildman–Crippen LogP) is 1.85. The first-order valence-corrected chi connectivity index (χ1v) is 5.99. The lowest BCUT2D eigenvalue weighted by Gasteiger charge is -2.14. The molecule has 90 valence electrons. The SMILES string of the molecule is COC(CNC(=O)c1ccno1)c1ccsc1. The third-order valence-electron chi connectivity index (χ3n) is 2.31. The molecule has 6 heteroatoms. The Bertz CT molecular complexity index is 453. The second-order valence-electron chi connectivity index (χ2n) is 3.37. The number of nitrogens with zero attached hydrogens (tertiary/aromatic N) is 1. The third-order valence-corrected chi connectivity index (χ3v) is 3.01. The molecule has 0 saturated carbocycles. The minimum atomic E-state index is -0.292. The second kappa shape index (κ2) is 5.60. The van der Waals surface area contributed by atoms with E-state index in [-0.39, 0.29) is 17.8 Å². The fourth-order valence-electron chi connectivity index (χ4n) is 1.40. The van der Waals surface area contributed by atoms with Gasteiger partial charge in [-0.05, 0) is 22.4 Å². The van der Waals surface area contributed by atoms with Gasteiger partial charge in [0.1, 0.15) is 6.10 Å². The molecule has 0 fully saturated rings. The molecule has 0 spiro atoms. The lowest BCUT2D eigenvalue weighted by molar-refractivity contribution is 0.0801. The van der Waals surface area contributed by atoms with Crippen LogP contribution in [0.15, 0.2) is 33.6 Å². The maximum atomic E-state index is 11.6. The maximum Gasteiger partial charge on any atom is 0.289 e. The van der Waals surface area contributed by atoms with E-state index in [1.54, 1.807) is 18.4 Å². The van der Waals surface area contributed by atoms with Crippen LogP contribution < -0.4 is 5.32 Å². The average Bonchev–Trinajstić information content (AvgIpc) is 3.02. The molecule has 1 N–H and O–H groups in total. The largest absolute Gasteiger partial charge is 0.375 e. The molecule has 2 heterocycles. The van der Waals surface area contributed by atoms with Gasteiger partial charge in [0.05, 0.1) is 6.20 Å². The van der Waals surface area contributed by atoms with E-state index in [0.717, 1.165) is 5.56 Å². The van der Waals surface area contributed by atoms with Gasteiger partial charge in [-0.2, -0.15) is 11.3 Å². The molecule has 0 radical (unpaired) electrons. The van der Waals surface area contributed by atoms with E-state index >= 15 is 0 Å². The van der Waals surface area contributed by atoms with Gasteiger partial charge in [-0.3, -0.25) is 4.79 Å². The summed E-state index contributed by atoms with van der Waals surface area (Å²) in [4.78, 5) is 11.6. The summed E-state index contributed by atoms with van der Waals surface area (Å²) < 4.78 is 10.1. The molecule has 2 aromatic rings. The van der Waals surface area contributed by atoms with Crippen LogP contribution in [0.25, 0.3) is 0 Å². The van der Waals surface area contributed by atoms with Crippen LogP contribution in [-0.2, 0) is 4.74 Å². The van der Waals surface area contributed by atoms with Gasteiger partial charge in [0.2, 0.25) is 5.76 Å². The highest BCUT2D eigenvalue weighted by Crippen LogP contribution is 2.18. The molecule has 0 aliphatic heterocycles. The summed E-state index contributed by atoms with van der Waals surface area (Å²) in [5, 5.41) is 10.2. The number of hydrogen-bond donors (Lipinski definition) is 1. The number of aromatic nitrogens is 1. The summed E-state index contributed by atoms with van der Waals surface area (Å²) in [5.74, 6) is -0.0926. The number of methoxy groups -OCH3 is 1. The van der Waals surface area contributed by atoms with Crippen molar-refractivity contribution in [2.75, 3.05) is 13.7 Å². The lowest BCUT2D eigenvalue weighted by Crippen LogP contribution is -2.28. The van der Waals surface area contributed by atoms with E-state index < -0.39 is 0 Å². The highest BCUT2D eigenvalue weighted by atomic mass is 32.1. The van der Waals surface area contributed by atoms with Crippen molar-refractivity contribution in [3.63, 3.8) is 0 Å². The van der Waals surface area contributed by atoms with Crippen LogP contribution in [0.5, 0.6) is 0 Å². The van der Waals surface area contributed by atoms with Crippen molar-refractivity contribution < 1.29 is 14.1 Å². The number of hydrogen-bond acceptors (Lipinski definition) is 5. The number of carbonyl (C=O) groups is 1. The van der Waals surface area contributed by atoms with Gasteiger partial charge in [-0.25, -0.2) is 0 Å². The monoisotopic (exact) mass is 252 g/mol. The maximum absolute atomic E-state index is 11.6. The van der Waals surface area contributed by atoms with Crippen molar-refractivity contribution in [3.05, 3.63) is 40.4 Å². The molecular formula is C11H12N2O3S. The molecule has 1 atom stereocenters. The zero-order valence-corrected chi connectivity index (χ0v) is 10.1. The summed E-state index contributed by atoms with van der Waals surface area (Å²) >= 11 is 1.59. The molecule has 0 aliphatic rings. The number of nitrogens with one attached hydrogen (secondary N) is 1. The van der Waals surface area contributed by atoms with Gasteiger partial charge in [0, 0.05) is 19.7 Å². The van der Waals surface area contributed by atoms with E-state index in [2.05, 4.69) is 10.5 Å². The highest BCUT2D eigenvalue weighted by Gasteiger charge is 2.14. The van der Waals surface area contributed by atoms with E-state index in [1.807, 2.05) is 16.8 Å². The fourth-order valence-corrected chi connectivity index (χ4v) is 2.10. The predicted molar refractivity (Wildman–Crippen MR) is 62.9 cm³/mol. The van der Waals surface area contributed by atoms with Gasteiger partial charge >= 0.3 is 0 Å². The molecule has 1 amide bonds. The van der Waals surface area contributed by atoms with Crippen molar-refractivity contribution in [3.8, 4) is 0 Å². The highest BCUT2D eigenvalue weighted by molar-refractivity contribution is 7.07. The Morgan fingerprint density at radius 2 is 2.53 bits per heavy atom. The lowest BCUT2D eigenvalue weighted by atomic mass is 10.2. The summed E-state index contributed by atoms with van der Waals surface area (Å²) in [6.07, 6.45) is 1.29. The Balaban J connectivity index is 1.91. The first kappa shape index (κ1) is 11.8. The van der Waals surface area contributed by atoms with Crippen LogP contribution in [0.1, 0.15) is 22.2 Å². The first-order valence-electron chi connectivity index (χ1n) is 5.05. The second-order valence-corrected chi connectivity index (χ2v) is 4.15. The molecule has 5 nitrogen and oxygen atoms in total. The zero-order chi connectivity index (χ0) is 12.1. The summed E-state index contributed by atoms with van der Waals surface area (Å²) in [5.41, 5.74) is 1.05. The Morgan fingerprint density at radius 3 is 3.12 bits per heavy atom. The molecule has 0 bridgehead atoms. The topological polar surface area (TPSA) is 64.4 Å². The average molecular weight is 252 g/mol. The molecule has 2 rings (SSSR count). The van der Waals surface area contributed by atoms with Gasteiger partial charge in [-0.15, -0.1) is 0 Å².